The highest BCUT2D eigenvalue weighted by atomic mass is 16.5. The largest absolute Gasteiger partial charge is 0.359 e. The predicted octanol–water partition coefficient (Wildman–Crippen LogP) is 4.44. The van der Waals surface area contributed by atoms with Gasteiger partial charge in [-0.1, -0.05) is 41.6 Å². The van der Waals surface area contributed by atoms with Crippen molar-refractivity contribution in [1.82, 2.24) is 14.5 Å². The third-order valence-corrected chi connectivity index (χ3v) is 6.94. The van der Waals surface area contributed by atoms with Crippen LogP contribution in [0.4, 0.5) is 0 Å². The van der Waals surface area contributed by atoms with Crippen LogP contribution in [0.1, 0.15) is 22.1 Å². The number of aromatic nitrogens is 2. The third kappa shape index (κ3) is 1.86. The van der Waals surface area contributed by atoms with Gasteiger partial charge in [0.15, 0.2) is 12.3 Å². The Morgan fingerprint density at radius 2 is 1.71 bits per heavy atom. The number of nitrogens with zero attached hydrogens (tertiary/aromatic N) is 3. The molecule has 2 aliphatic rings. The summed E-state index contributed by atoms with van der Waals surface area (Å²) in [5.74, 6) is -0.0470. The average molecular weight is 410 g/mol. The van der Waals surface area contributed by atoms with E-state index in [1.165, 1.54) is 0 Å². The molecule has 2 atom stereocenters. The number of hydrogen-bond acceptors (Lipinski definition) is 4. The van der Waals surface area contributed by atoms with Crippen molar-refractivity contribution in [3.63, 3.8) is 0 Å². The van der Waals surface area contributed by atoms with Crippen LogP contribution in [0.2, 0.25) is 0 Å². The van der Waals surface area contributed by atoms with E-state index in [2.05, 4.69) is 31.8 Å². The van der Waals surface area contributed by atoms with Crippen molar-refractivity contribution in [2.24, 2.45) is 5.18 Å². The minimum Gasteiger partial charge on any atom is -0.359 e. The summed E-state index contributed by atoms with van der Waals surface area (Å²) in [6, 6.07) is 15.6. The summed E-state index contributed by atoms with van der Waals surface area (Å²) >= 11 is 0. The molecule has 0 spiro atoms. The lowest BCUT2D eigenvalue weighted by atomic mass is 9.97. The van der Waals surface area contributed by atoms with E-state index < -0.39 is 12.3 Å². The van der Waals surface area contributed by atoms with Crippen LogP contribution in [0.25, 0.3) is 43.6 Å². The van der Waals surface area contributed by atoms with Crippen LogP contribution in [0.5, 0.6) is 0 Å². The first-order valence-electron chi connectivity index (χ1n) is 10.4. The molecule has 7 heteroatoms. The summed E-state index contributed by atoms with van der Waals surface area (Å²) in [4.78, 5) is 25.1. The molecule has 0 unspecified atom stereocenters. The van der Waals surface area contributed by atoms with Gasteiger partial charge in [0.2, 0.25) is 0 Å². The van der Waals surface area contributed by atoms with Crippen LogP contribution in [-0.4, -0.2) is 28.2 Å². The van der Waals surface area contributed by atoms with E-state index in [-0.39, 0.29) is 5.91 Å². The lowest BCUT2D eigenvalue weighted by Gasteiger charge is -2.22. The van der Waals surface area contributed by atoms with E-state index in [1.54, 1.807) is 7.11 Å². The molecule has 1 N–H and O–H groups in total. The van der Waals surface area contributed by atoms with Gasteiger partial charge < -0.3 is 19.2 Å². The first-order valence-corrected chi connectivity index (χ1v) is 10.4. The number of nitrogens with one attached hydrogen (secondary N) is 1. The third-order valence-electron chi connectivity index (χ3n) is 6.94. The molecule has 4 heterocycles. The number of nitroso groups, excluding NO2 is 1. The predicted molar refractivity (Wildman–Crippen MR) is 119 cm³/mol. The number of hydrogen-bond donors (Lipinski definition) is 1. The summed E-state index contributed by atoms with van der Waals surface area (Å²) in [5, 5.41) is 10.6. The maximum Gasteiger partial charge on any atom is 0.252 e. The molecule has 7 rings (SSSR count). The number of carbonyl (C=O) groups excluding carboxylic acids is 1. The zero-order valence-electron chi connectivity index (χ0n) is 16.8. The Labute approximate surface area is 176 Å². The number of carbonyl (C=O) groups is 1. The van der Waals surface area contributed by atoms with E-state index >= 15 is 0 Å². The second-order valence-electron chi connectivity index (χ2n) is 8.30. The summed E-state index contributed by atoms with van der Waals surface area (Å²) in [6.07, 6.45) is -0.537. The van der Waals surface area contributed by atoms with Crippen molar-refractivity contribution < 1.29 is 9.53 Å². The number of methoxy groups -OCH3 is 1. The standard InChI is InChI=1S/C24H18N4O3/c1-31-24-15(26-30)11-27-16-8-4-2-6-12(16)19-20-14(10-25-23(20)29)18-13-7-3-5-9-17(13)28(24)22(18)21(19)27/h2-9,15,24H,10-11H2,1H3,(H,25,29)/t15-,24+/m1/s1. The van der Waals surface area contributed by atoms with Gasteiger partial charge in [0.1, 0.15) is 0 Å². The van der Waals surface area contributed by atoms with Crippen LogP contribution < -0.4 is 5.32 Å². The molecule has 0 saturated carbocycles. The van der Waals surface area contributed by atoms with E-state index in [4.69, 9.17) is 4.74 Å². The van der Waals surface area contributed by atoms with Crippen LogP contribution in [0.15, 0.2) is 53.7 Å². The highest BCUT2D eigenvalue weighted by Gasteiger charge is 2.38. The van der Waals surface area contributed by atoms with Gasteiger partial charge in [-0.25, -0.2) is 0 Å². The Bertz CT molecular complexity index is 1610. The number of amides is 1. The molecule has 3 aromatic carbocycles. The number of benzene rings is 3. The molecule has 31 heavy (non-hydrogen) atoms. The summed E-state index contributed by atoms with van der Waals surface area (Å²) in [5.41, 5.74) is 5.70. The maximum atomic E-state index is 13.0. The van der Waals surface area contributed by atoms with Gasteiger partial charge in [-0.05, 0) is 17.7 Å². The fourth-order valence-corrected chi connectivity index (χ4v) is 5.82. The molecule has 0 saturated heterocycles. The van der Waals surface area contributed by atoms with E-state index in [1.807, 2.05) is 36.4 Å². The molecule has 2 aromatic heterocycles. The van der Waals surface area contributed by atoms with Gasteiger partial charge in [0.25, 0.3) is 5.91 Å². The fourth-order valence-electron chi connectivity index (χ4n) is 5.82. The number of ether oxygens (including phenoxy) is 1. The van der Waals surface area contributed by atoms with Crippen molar-refractivity contribution in [1.29, 1.82) is 0 Å². The Hall–Kier alpha value is -3.71. The molecule has 0 radical (unpaired) electrons. The van der Waals surface area contributed by atoms with E-state index in [0.717, 1.165) is 54.7 Å². The molecule has 5 aromatic rings. The Morgan fingerprint density at radius 1 is 1.00 bits per heavy atom. The Balaban J connectivity index is 1.88. The van der Waals surface area contributed by atoms with Gasteiger partial charge in [-0.2, -0.15) is 4.91 Å². The van der Waals surface area contributed by atoms with Crippen LogP contribution in [-0.2, 0) is 17.8 Å². The summed E-state index contributed by atoms with van der Waals surface area (Å²) in [7, 11) is 1.62. The van der Waals surface area contributed by atoms with Crippen molar-refractivity contribution in [3.05, 3.63) is 64.6 Å². The van der Waals surface area contributed by atoms with Gasteiger partial charge in [-0.3, -0.25) is 4.79 Å². The van der Waals surface area contributed by atoms with Crippen molar-refractivity contribution in [2.75, 3.05) is 7.11 Å². The monoisotopic (exact) mass is 410 g/mol. The SMILES string of the molecule is CO[C@H]1[C@H](N=O)Cn2c3ccccc3c3c4c(c5c6ccccc6n1c5c32)CNC4=O. The topological polar surface area (TPSA) is 77.6 Å². The van der Waals surface area contributed by atoms with Gasteiger partial charge in [0, 0.05) is 40.7 Å². The average Bonchev–Trinajstić information content (AvgIpc) is 3.41. The first-order chi connectivity index (χ1) is 15.2. The van der Waals surface area contributed by atoms with Crippen molar-refractivity contribution in [2.45, 2.75) is 25.4 Å². The zero-order chi connectivity index (χ0) is 20.9. The second kappa shape index (κ2) is 5.70. The maximum absolute atomic E-state index is 13.0. The Morgan fingerprint density at radius 3 is 2.45 bits per heavy atom. The first kappa shape index (κ1) is 17.0. The van der Waals surface area contributed by atoms with Crippen molar-refractivity contribution >= 4 is 49.5 Å². The van der Waals surface area contributed by atoms with Gasteiger partial charge in [-0.15, -0.1) is 0 Å². The molecule has 7 nitrogen and oxygen atoms in total. The molecular formula is C24H18N4O3. The fraction of sp³-hybridized carbons (Fsp3) is 0.208. The summed E-state index contributed by atoms with van der Waals surface area (Å²) in [6.45, 7) is 0.874. The minimum atomic E-state index is -0.612. The number of fused-ring (bicyclic) bond motifs is 9. The number of para-hydroxylation sites is 2. The van der Waals surface area contributed by atoms with Crippen LogP contribution in [0, 0.1) is 4.91 Å². The molecular weight excluding hydrogens is 392 g/mol. The molecule has 1 amide bonds. The van der Waals surface area contributed by atoms with Crippen molar-refractivity contribution in [3.8, 4) is 0 Å². The highest BCUT2D eigenvalue weighted by molar-refractivity contribution is 6.30. The molecule has 152 valence electrons. The highest BCUT2D eigenvalue weighted by Crippen LogP contribution is 2.47. The van der Waals surface area contributed by atoms with E-state index in [0.29, 0.717) is 13.1 Å². The zero-order valence-corrected chi connectivity index (χ0v) is 16.8. The normalized spacial score (nSPS) is 20.1. The van der Waals surface area contributed by atoms with E-state index in [9.17, 15) is 9.70 Å². The van der Waals surface area contributed by atoms with Gasteiger partial charge in [0.05, 0.1) is 28.7 Å². The molecule has 0 fully saturated rings. The molecule has 0 aliphatic carbocycles. The lowest BCUT2D eigenvalue weighted by Crippen LogP contribution is -2.26. The van der Waals surface area contributed by atoms with Crippen LogP contribution >= 0.6 is 0 Å². The second-order valence-corrected chi connectivity index (χ2v) is 8.30. The summed E-state index contributed by atoms with van der Waals surface area (Å²) < 4.78 is 10.2. The Kier molecular flexibility index (Phi) is 3.13. The molecule has 0 bridgehead atoms. The number of rotatable bonds is 2. The lowest BCUT2D eigenvalue weighted by molar-refractivity contribution is 0.0268. The molecule has 2 aliphatic heterocycles. The quantitative estimate of drug-likeness (QED) is 0.437. The minimum absolute atomic E-state index is 0.0470. The van der Waals surface area contributed by atoms with Crippen LogP contribution in [0.3, 0.4) is 0 Å². The van der Waals surface area contributed by atoms with Gasteiger partial charge >= 0.3 is 0 Å². The smallest absolute Gasteiger partial charge is 0.252 e.